The Morgan fingerprint density at radius 1 is 0.871 bits per heavy atom. The van der Waals surface area contributed by atoms with Crippen molar-refractivity contribution in [1.82, 2.24) is 5.43 Å². The van der Waals surface area contributed by atoms with E-state index in [1.807, 2.05) is 6.07 Å². The lowest BCUT2D eigenvalue weighted by Gasteiger charge is -2.11. The smallest absolute Gasteiger partial charge is 0.329 e. The van der Waals surface area contributed by atoms with E-state index in [4.69, 9.17) is 11.6 Å². The summed E-state index contributed by atoms with van der Waals surface area (Å²) in [5.41, 5.74) is 3.24. The third-order valence-corrected chi connectivity index (χ3v) is 4.25. The maximum Gasteiger partial charge on any atom is 0.329 e. The molecule has 3 aromatic rings. The number of hydrogen-bond donors (Lipinski definition) is 4. The Balaban J connectivity index is 1.65. The first kappa shape index (κ1) is 21.5. The van der Waals surface area contributed by atoms with E-state index >= 15 is 0 Å². The molecule has 31 heavy (non-hydrogen) atoms. The number of phenolic OH excluding ortho intramolecular Hbond substituents is 1. The van der Waals surface area contributed by atoms with Gasteiger partial charge in [-0.2, -0.15) is 5.10 Å². The second-order valence-corrected chi connectivity index (χ2v) is 6.66. The van der Waals surface area contributed by atoms with Gasteiger partial charge in [0.15, 0.2) is 0 Å². The van der Waals surface area contributed by atoms with Gasteiger partial charge >= 0.3 is 11.8 Å². The molecule has 9 heteroatoms. The van der Waals surface area contributed by atoms with Crippen LogP contribution in [0.5, 0.6) is 5.75 Å². The molecule has 0 fully saturated rings. The van der Waals surface area contributed by atoms with Crippen LogP contribution in [0.2, 0.25) is 5.02 Å². The van der Waals surface area contributed by atoms with Crippen LogP contribution in [0.4, 0.5) is 11.4 Å². The first-order valence-corrected chi connectivity index (χ1v) is 9.40. The van der Waals surface area contributed by atoms with Crippen molar-refractivity contribution >= 4 is 46.9 Å². The number of carbonyl (C=O) groups excluding carboxylic acids is 3. The van der Waals surface area contributed by atoms with E-state index < -0.39 is 17.7 Å². The van der Waals surface area contributed by atoms with Gasteiger partial charge in [0.1, 0.15) is 5.75 Å². The first-order valence-electron chi connectivity index (χ1n) is 9.02. The number of nitrogens with one attached hydrogen (secondary N) is 3. The summed E-state index contributed by atoms with van der Waals surface area (Å²) in [4.78, 5) is 36.8. The summed E-state index contributed by atoms with van der Waals surface area (Å²) < 4.78 is 0. The molecule has 0 aliphatic rings. The summed E-state index contributed by atoms with van der Waals surface area (Å²) in [6, 6.07) is 19.4. The highest BCUT2D eigenvalue weighted by atomic mass is 35.5. The lowest BCUT2D eigenvalue weighted by molar-refractivity contribution is -0.136. The lowest BCUT2D eigenvalue weighted by Crippen LogP contribution is -2.33. The van der Waals surface area contributed by atoms with Crippen LogP contribution in [0.1, 0.15) is 15.9 Å². The van der Waals surface area contributed by atoms with Crippen molar-refractivity contribution in [2.24, 2.45) is 5.10 Å². The second kappa shape index (κ2) is 10.0. The normalized spacial score (nSPS) is 10.5. The number of hydrogen-bond acceptors (Lipinski definition) is 5. The van der Waals surface area contributed by atoms with Gasteiger partial charge in [0.05, 0.1) is 17.5 Å². The highest BCUT2D eigenvalue weighted by Crippen LogP contribution is 2.20. The lowest BCUT2D eigenvalue weighted by atomic mass is 10.1. The number of carbonyl (C=O) groups is 3. The van der Waals surface area contributed by atoms with Crippen LogP contribution in [0.15, 0.2) is 77.9 Å². The van der Waals surface area contributed by atoms with Crippen LogP contribution in [0.3, 0.4) is 0 Å². The highest BCUT2D eigenvalue weighted by molar-refractivity contribution is 6.40. The van der Waals surface area contributed by atoms with E-state index in [1.54, 1.807) is 36.4 Å². The summed E-state index contributed by atoms with van der Waals surface area (Å²) in [7, 11) is 0. The Bertz CT molecular complexity index is 1150. The largest absolute Gasteiger partial charge is 0.507 e. The van der Waals surface area contributed by atoms with Crippen LogP contribution >= 0.6 is 11.6 Å². The third kappa shape index (κ3) is 5.91. The second-order valence-electron chi connectivity index (χ2n) is 6.22. The molecule has 0 aliphatic heterocycles. The molecule has 0 aromatic heterocycles. The standard InChI is InChI=1S/C22H17ClN4O4/c23-15-10-11-19(28)14(12-15)13-24-27-22(31)21(30)26-18-9-5-4-8-17(18)20(29)25-16-6-2-1-3-7-16/h1-13,28H,(H,25,29)(H,26,30)(H,27,31). The first-order chi connectivity index (χ1) is 14.9. The van der Waals surface area contributed by atoms with Crippen LogP contribution in [0.25, 0.3) is 0 Å². The molecule has 4 N–H and O–H groups in total. The molecule has 0 saturated heterocycles. The molecule has 8 nitrogen and oxygen atoms in total. The molecule has 0 aliphatic carbocycles. The van der Waals surface area contributed by atoms with Gasteiger partial charge in [-0.3, -0.25) is 14.4 Å². The number of nitrogens with zero attached hydrogens (tertiary/aromatic N) is 1. The molecule has 3 amide bonds. The topological polar surface area (TPSA) is 120 Å². The van der Waals surface area contributed by atoms with Gasteiger partial charge in [0, 0.05) is 16.3 Å². The number of hydrazone groups is 1. The Kier molecular flexibility index (Phi) is 6.97. The van der Waals surface area contributed by atoms with E-state index in [2.05, 4.69) is 21.2 Å². The van der Waals surface area contributed by atoms with Crippen molar-refractivity contribution in [2.45, 2.75) is 0 Å². The Morgan fingerprint density at radius 3 is 2.35 bits per heavy atom. The molecular formula is C22H17ClN4O4. The zero-order valence-corrected chi connectivity index (χ0v) is 16.8. The van der Waals surface area contributed by atoms with Gasteiger partial charge in [0.25, 0.3) is 5.91 Å². The van der Waals surface area contributed by atoms with Gasteiger partial charge in [0.2, 0.25) is 0 Å². The van der Waals surface area contributed by atoms with Gasteiger partial charge < -0.3 is 15.7 Å². The average molecular weight is 437 g/mol. The fourth-order valence-electron chi connectivity index (χ4n) is 2.53. The van der Waals surface area contributed by atoms with E-state index in [0.29, 0.717) is 10.7 Å². The molecule has 3 rings (SSSR count). The number of rotatable bonds is 5. The van der Waals surface area contributed by atoms with Crippen molar-refractivity contribution in [1.29, 1.82) is 0 Å². The van der Waals surface area contributed by atoms with Crippen molar-refractivity contribution < 1.29 is 19.5 Å². The summed E-state index contributed by atoms with van der Waals surface area (Å²) in [6.07, 6.45) is 1.15. The summed E-state index contributed by atoms with van der Waals surface area (Å²) in [5.74, 6) is -2.62. The highest BCUT2D eigenvalue weighted by Gasteiger charge is 2.17. The summed E-state index contributed by atoms with van der Waals surface area (Å²) >= 11 is 5.83. The number of anilines is 2. The van der Waals surface area contributed by atoms with Crippen molar-refractivity contribution in [3.63, 3.8) is 0 Å². The van der Waals surface area contributed by atoms with E-state index in [-0.39, 0.29) is 22.6 Å². The molecule has 0 radical (unpaired) electrons. The fourth-order valence-corrected chi connectivity index (χ4v) is 2.71. The van der Waals surface area contributed by atoms with Crippen LogP contribution in [-0.2, 0) is 9.59 Å². The average Bonchev–Trinajstić information content (AvgIpc) is 2.77. The maximum atomic E-state index is 12.6. The van der Waals surface area contributed by atoms with E-state index in [0.717, 1.165) is 6.21 Å². The van der Waals surface area contributed by atoms with Crippen molar-refractivity contribution in [3.05, 3.63) is 88.9 Å². The minimum atomic E-state index is -1.06. The monoisotopic (exact) mass is 436 g/mol. The molecule has 0 unspecified atom stereocenters. The number of phenols is 1. The Hall–Kier alpha value is -4.17. The van der Waals surface area contributed by atoms with Gasteiger partial charge in [-0.25, -0.2) is 5.43 Å². The molecule has 0 heterocycles. The van der Waals surface area contributed by atoms with Crippen molar-refractivity contribution in [3.8, 4) is 5.75 Å². The molecular weight excluding hydrogens is 420 g/mol. The maximum absolute atomic E-state index is 12.6. The number of amides is 3. The van der Waals surface area contributed by atoms with Crippen LogP contribution < -0.4 is 16.1 Å². The van der Waals surface area contributed by atoms with Gasteiger partial charge in [-0.1, -0.05) is 41.9 Å². The van der Waals surface area contributed by atoms with Crippen LogP contribution in [0, 0.1) is 0 Å². The number of benzene rings is 3. The third-order valence-electron chi connectivity index (χ3n) is 4.02. The van der Waals surface area contributed by atoms with Crippen molar-refractivity contribution in [2.75, 3.05) is 10.6 Å². The summed E-state index contributed by atoms with van der Waals surface area (Å²) in [5, 5.41) is 18.8. The molecule has 0 saturated carbocycles. The number of halogens is 1. The summed E-state index contributed by atoms with van der Waals surface area (Å²) in [6.45, 7) is 0. The Morgan fingerprint density at radius 2 is 1.58 bits per heavy atom. The minimum Gasteiger partial charge on any atom is -0.507 e. The zero-order valence-electron chi connectivity index (χ0n) is 16.0. The predicted molar refractivity (Wildman–Crippen MR) is 118 cm³/mol. The Labute approximate surface area is 182 Å². The minimum absolute atomic E-state index is 0.0924. The van der Waals surface area contributed by atoms with E-state index in [1.165, 1.54) is 30.3 Å². The molecule has 0 bridgehead atoms. The molecule has 3 aromatic carbocycles. The van der Waals surface area contributed by atoms with Gasteiger partial charge in [-0.15, -0.1) is 0 Å². The molecule has 0 atom stereocenters. The fraction of sp³-hybridized carbons (Fsp3) is 0. The van der Waals surface area contributed by atoms with E-state index in [9.17, 15) is 19.5 Å². The SMILES string of the molecule is O=C(NN=Cc1cc(Cl)ccc1O)C(=O)Nc1ccccc1C(=O)Nc1ccccc1. The quantitative estimate of drug-likeness (QED) is 0.278. The zero-order chi connectivity index (χ0) is 22.2. The van der Waals surface area contributed by atoms with Gasteiger partial charge in [-0.05, 0) is 42.5 Å². The molecule has 0 spiro atoms. The number of aromatic hydroxyl groups is 1. The predicted octanol–water partition coefficient (Wildman–Crippen LogP) is 3.39. The number of para-hydroxylation sites is 2. The molecule has 156 valence electrons. The van der Waals surface area contributed by atoms with Crippen LogP contribution in [-0.4, -0.2) is 29.0 Å².